The van der Waals surface area contributed by atoms with Crippen molar-refractivity contribution >= 4 is 46.3 Å². The first-order valence-corrected chi connectivity index (χ1v) is 14.3. The van der Waals surface area contributed by atoms with E-state index in [1.54, 1.807) is 18.3 Å². The molecule has 2 atom stereocenters. The molecule has 2 aromatic heterocycles. The molecule has 6 rings (SSSR count). The van der Waals surface area contributed by atoms with Crippen molar-refractivity contribution in [3.63, 3.8) is 0 Å². The summed E-state index contributed by atoms with van der Waals surface area (Å²) in [7, 11) is 0. The van der Waals surface area contributed by atoms with Gasteiger partial charge in [-0.15, -0.1) is 0 Å². The van der Waals surface area contributed by atoms with E-state index in [9.17, 15) is 9.90 Å². The topological polar surface area (TPSA) is 73.6 Å². The Morgan fingerprint density at radius 2 is 1.77 bits per heavy atom. The first-order chi connectivity index (χ1) is 19.4. The highest BCUT2D eigenvalue weighted by Crippen LogP contribution is 2.44. The zero-order valence-electron chi connectivity index (χ0n) is 22.1. The number of pyridine rings is 1. The molecule has 204 valence electrons. The Kier molecular flexibility index (Phi) is 7.21. The zero-order chi connectivity index (χ0) is 27.8. The minimum absolute atomic E-state index is 0.220. The molecule has 4 aromatic rings. The second kappa shape index (κ2) is 10.9. The van der Waals surface area contributed by atoms with E-state index >= 15 is 0 Å². The summed E-state index contributed by atoms with van der Waals surface area (Å²) >= 11 is 12.9. The van der Waals surface area contributed by atoms with Gasteiger partial charge in [-0.1, -0.05) is 24.6 Å². The number of hydrogen-bond donors (Lipinski definition) is 2. The molecule has 0 bridgehead atoms. The third-order valence-corrected chi connectivity index (χ3v) is 8.52. The van der Waals surface area contributed by atoms with Crippen LogP contribution in [0.25, 0.3) is 5.69 Å². The summed E-state index contributed by atoms with van der Waals surface area (Å²) in [5, 5.41) is 14.2. The van der Waals surface area contributed by atoms with Crippen LogP contribution in [0.3, 0.4) is 0 Å². The van der Waals surface area contributed by atoms with Crippen LogP contribution in [0.2, 0.25) is 5.02 Å². The number of benzene rings is 2. The van der Waals surface area contributed by atoms with E-state index in [0.717, 1.165) is 60.3 Å². The van der Waals surface area contributed by atoms with E-state index in [4.69, 9.17) is 23.8 Å². The first-order valence-electron chi connectivity index (χ1n) is 13.5. The lowest BCUT2D eigenvalue weighted by atomic mass is 9.98. The van der Waals surface area contributed by atoms with Crippen molar-refractivity contribution in [3.05, 3.63) is 107 Å². The third kappa shape index (κ3) is 4.93. The number of anilines is 2. The minimum Gasteiger partial charge on any atom is -0.478 e. The molecule has 2 aliphatic heterocycles. The summed E-state index contributed by atoms with van der Waals surface area (Å²) in [6.07, 6.45) is 6.09. The number of carboxylic acids is 1. The number of piperidine rings is 1. The van der Waals surface area contributed by atoms with Gasteiger partial charge in [0.2, 0.25) is 0 Å². The van der Waals surface area contributed by atoms with Gasteiger partial charge in [0, 0.05) is 42.6 Å². The minimum atomic E-state index is -0.953. The second-order valence-corrected chi connectivity index (χ2v) is 11.3. The number of nitrogens with one attached hydrogen (secondary N) is 1. The molecule has 2 N–H and O–H groups in total. The van der Waals surface area contributed by atoms with E-state index in [-0.39, 0.29) is 17.6 Å². The molecule has 2 aliphatic rings. The molecule has 0 radical (unpaired) electrons. The Bertz CT molecular complexity index is 1530. The lowest BCUT2D eigenvalue weighted by molar-refractivity contribution is 0.0697. The standard InChI is InChI=1S/C31H30ClN5O2S/c1-20-13-17-35(18-14-20)26-12-11-23(19-24(26)32)37-29(28(34-31(37)40)25-5-2-3-15-33-25)27-6-4-16-36(27)22-9-7-21(8-10-22)30(38)39/h2-12,15-16,19-20,28-29H,13-14,17-18H2,1H3,(H,34,40)(H,38,39). The number of rotatable bonds is 6. The van der Waals surface area contributed by atoms with Gasteiger partial charge in [-0.25, -0.2) is 4.79 Å². The van der Waals surface area contributed by atoms with Crippen LogP contribution in [0.1, 0.15) is 53.6 Å². The number of thiocarbonyl (C=S) groups is 1. The van der Waals surface area contributed by atoms with Crippen molar-refractivity contribution in [2.75, 3.05) is 22.9 Å². The second-order valence-electron chi connectivity index (χ2n) is 10.5. The highest BCUT2D eigenvalue weighted by atomic mass is 35.5. The monoisotopic (exact) mass is 571 g/mol. The van der Waals surface area contributed by atoms with E-state index < -0.39 is 5.97 Å². The quantitative estimate of drug-likeness (QED) is 0.251. The molecular formula is C31H30ClN5O2S. The number of nitrogens with zero attached hydrogens (tertiary/aromatic N) is 4. The molecule has 2 saturated heterocycles. The van der Waals surface area contributed by atoms with Crippen LogP contribution >= 0.6 is 23.8 Å². The van der Waals surface area contributed by atoms with Gasteiger partial charge >= 0.3 is 5.97 Å². The van der Waals surface area contributed by atoms with Gasteiger partial charge in [0.1, 0.15) is 6.04 Å². The fourth-order valence-electron chi connectivity index (χ4n) is 5.72. The molecular weight excluding hydrogens is 542 g/mol. The lowest BCUT2D eigenvalue weighted by Gasteiger charge is -2.33. The van der Waals surface area contributed by atoms with Crippen molar-refractivity contribution in [2.24, 2.45) is 5.92 Å². The Morgan fingerprint density at radius 3 is 2.45 bits per heavy atom. The summed E-state index contributed by atoms with van der Waals surface area (Å²) < 4.78 is 2.07. The van der Waals surface area contributed by atoms with Crippen molar-refractivity contribution in [3.8, 4) is 5.69 Å². The Labute approximate surface area is 244 Å². The fraction of sp³-hybridized carbons (Fsp3) is 0.258. The molecule has 0 spiro atoms. The molecule has 2 unspecified atom stereocenters. The summed E-state index contributed by atoms with van der Waals surface area (Å²) in [5.74, 6) is -0.214. The van der Waals surface area contributed by atoms with Gasteiger partial charge in [-0.2, -0.15) is 0 Å². The summed E-state index contributed by atoms with van der Waals surface area (Å²) in [6.45, 7) is 4.31. The zero-order valence-corrected chi connectivity index (χ0v) is 23.6. The van der Waals surface area contributed by atoms with E-state index in [0.29, 0.717) is 10.1 Å². The average Bonchev–Trinajstić information content (AvgIpc) is 3.58. The van der Waals surface area contributed by atoms with Crippen LogP contribution in [0, 0.1) is 5.92 Å². The van der Waals surface area contributed by atoms with Crippen molar-refractivity contribution in [1.82, 2.24) is 14.9 Å². The van der Waals surface area contributed by atoms with Crippen molar-refractivity contribution in [1.29, 1.82) is 0 Å². The van der Waals surface area contributed by atoms with Gasteiger partial charge in [0.15, 0.2) is 5.11 Å². The summed E-state index contributed by atoms with van der Waals surface area (Å²) in [4.78, 5) is 20.6. The Morgan fingerprint density at radius 1 is 1.02 bits per heavy atom. The van der Waals surface area contributed by atoms with Crippen molar-refractivity contribution < 1.29 is 9.90 Å². The molecule has 0 aliphatic carbocycles. The van der Waals surface area contributed by atoms with Crippen molar-refractivity contribution in [2.45, 2.75) is 31.8 Å². The first kappa shape index (κ1) is 26.3. The maximum atomic E-state index is 11.4. The average molecular weight is 572 g/mol. The van der Waals surface area contributed by atoms with Gasteiger partial charge in [-0.05, 0) is 97.7 Å². The number of hydrogen-bond acceptors (Lipinski definition) is 4. The maximum Gasteiger partial charge on any atom is 0.335 e. The SMILES string of the molecule is CC1CCN(c2ccc(N3C(=S)NC(c4ccccn4)C3c3cccn3-c3ccc(C(=O)O)cc3)cc2Cl)CC1. The molecule has 0 amide bonds. The summed E-state index contributed by atoms with van der Waals surface area (Å²) in [6, 6.07) is 22.5. The molecule has 2 aromatic carbocycles. The molecule has 4 heterocycles. The van der Waals surface area contributed by atoms with E-state index in [1.807, 2.05) is 48.7 Å². The van der Waals surface area contributed by atoms with Crippen LogP contribution in [0.15, 0.2) is 85.2 Å². The number of aromatic nitrogens is 2. The number of carbonyl (C=O) groups is 1. The van der Waals surface area contributed by atoms with Crippen LogP contribution in [-0.4, -0.2) is 38.8 Å². The maximum absolute atomic E-state index is 11.4. The fourth-order valence-corrected chi connectivity index (χ4v) is 6.36. The van der Waals surface area contributed by atoms with Gasteiger partial charge in [0.05, 0.1) is 28.0 Å². The Hall–Kier alpha value is -3.88. The normalized spacial score (nSPS) is 19.6. The van der Waals surface area contributed by atoms with E-state index in [2.05, 4.69) is 49.8 Å². The highest BCUT2D eigenvalue weighted by Gasteiger charge is 2.42. The van der Waals surface area contributed by atoms with E-state index in [1.165, 1.54) is 0 Å². The van der Waals surface area contributed by atoms with Crippen LogP contribution in [-0.2, 0) is 0 Å². The third-order valence-electron chi connectivity index (χ3n) is 7.91. The molecule has 2 fully saturated rings. The molecule has 7 nitrogen and oxygen atoms in total. The Balaban J connectivity index is 1.41. The predicted molar refractivity (Wildman–Crippen MR) is 163 cm³/mol. The largest absolute Gasteiger partial charge is 0.478 e. The van der Waals surface area contributed by atoms with Gasteiger partial charge in [0.25, 0.3) is 0 Å². The molecule has 0 saturated carbocycles. The van der Waals surface area contributed by atoms with Gasteiger partial charge < -0.3 is 24.8 Å². The highest BCUT2D eigenvalue weighted by molar-refractivity contribution is 7.80. The molecule has 9 heteroatoms. The smallest absolute Gasteiger partial charge is 0.335 e. The van der Waals surface area contributed by atoms with Crippen LogP contribution in [0.5, 0.6) is 0 Å². The number of aromatic carboxylic acids is 1. The summed E-state index contributed by atoms with van der Waals surface area (Å²) in [5.41, 5.74) is 4.90. The molecule has 40 heavy (non-hydrogen) atoms. The number of halogens is 1. The number of carboxylic acid groups (broad SMARTS) is 1. The predicted octanol–water partition coefficient (Wildman–Crippen LogP) is 6.64. The lowest BCUT2D eigenvalue weighted by Crippen LogP contribution is -2.33. The van der Waals surface area contributed by atoms with Gasteiger partial charge in [-0.3, -0.25) is 4.98 Å². The van der Waals surface area contributed by atoms with Crippen LogP contribution < -0.4 is 15.1 Å². The van der Waals surface area contributed by atoms with Crippen LogP contribution in [0.4, 0.5) is 11.4 Å².